The molecule has 2 rings (SSSR count). The summed E-state index contributed by atoms with van der Waals surface area (Å²) in [6.45, 7) is 21.9. The van der Waals surface area contributed by atoms with Crippen molar-refractivity contribution in [2.75, 3.05) is 27.4 Å². The molecule has 2 N–H and O–H groups in total. The molecule has 2 aromatic carbocycles. The van der Waals surface area contributed by atoms with Gasteiger partial charge in [0.25, 0.3) is 16.6 Å². The predicted octanol–water partition coefficient (Wildman–Crippen LogP) is 8.15. The third-order valence-corrected chi connectivity index (χ3v) is 16.7. The molecule has 0 aliphatic rings. The van der Waals surface area contributed by atoms with Gasteiger partial charge < -0.3 is 28.5 Å². The standard InChI is InChI=1S/C32H50O6Si2/c1-31(2,3)39(9,10)37-29-25(19-23(15-13-17-33)21-27(29)35-7)26-20-24(16-14-18-34)22-28(36-8)30(26)38-40(11,12)32(4,5)6/h13-16,19-22,33-34H,17-18H2,1-12H3/b15-13+,16-14+. The van der Waals surface area contributed by atoms with Crippen LogP contribution in [0.15, 0.2) is 36.4 Å². The van der Waals surface area contributed by atoms with Crippen molar-refractivity contribution in [3.63, 3.8) is 0 Å². The quantitative estimate of drug-likeness (QED) is 0.259. The maximum atomic E-state index is 9.48. The Balaban J connectivity index is 3.09. The fraction of sp³-hybridized carbons (Fsp3) is 0.500. The van der Waals surface area contributed by atoms with Gasteiger partial charge in [0.05, 0.1) is 27.4 Å². The average molecular weight is 587 g/mol. The summed E-state index contributed by atoms with van der Waals surface area (Å²) >= 11 is 0. The molecule has 0 fully saturated rings. The van der Waals surface area contributed by atoms with Crippen LogP contribution in [0.25, 0.3) is 23.3 Å². The molecule has 222 valence electrons. The van der Waals surface area contributed by atoms with Crippen molar-refractivity contribution < 1.29 is 28.5 Å². The van der Waals surface area contributed by atoms with E-state index >= 15 is 0 Å². The van der Waals surface area contributed by atoms with Crippen LogP contribution in [0, 0.1) is 0 Å². The summed E-state index contributed by atoms with van der Waals surface area (Å²) in [5, 5.41) is 18.9. The van der Waals surface area contributed by atoms with Crippen LogP contribution in [0.1, 0.15) is 52.7 Å². The molecule has 0 aromatic heterocycles. The first-order valence-corrected chi connectivity index (χ1v) is 19.6. The first kappa shape index (κ1) is 33.7. The van der Waals surface area contributed by atoms with Gasteiger partial charge in [0.2, 0.25) is 0 Å². The van der Waals surface area contributed by atoms with E-state index in [4.69, 9.17) is 18.3 Å². The highest BCUT2D eigenvalue weighted by Gasteiger charge is 2.42. The van der Waals surface area contributed by atoms with Gasteiger partial charge in [-0.25, -0.2) is 0 Å². The molecule has 0 bridgehead atoms. The largest absolute Gasteiger partial charge is 0.541 e. The fourth-order valence-corrected chi connectivity index (χ4v) is 5.60. The van der Waals surface area contributed by atoms with E-state index in [1.54, 1.807) is 26.4 Å². The molecule has 0 atom stereocenters. The summed E-state index contributed by atoms with van der Waals surface area (Å²) < 4.78 is 25.8. The van der Waals surface area contributed by atoms with E-state index in [-0.39, 0.29) is 23.3 Å². The number of hydrogen-bond acceptors (Lipinski definition) is 6. The van der Waals surface area contributed by atoms with Crippen LogP contribution in [-0.2, 0) is 0 Å². The van der Waals surface area contributed by atoms with Crippen LogP contribution >= 0.6 is 0 Å². The Labute approximate surface area is 243 Å². The van der Waals surface area contributed by atoms with Gasteiger partial charge in [-0.2, -0.15) is 0 Å². The maximum absolute atomic E-state index is 9.48. The summed E-state index contributed by atoms with van der Waals surface area (Å²) in [4.78, 5) is 0. The van der Waals surface area contributed by atoms with Crippen molar-refractivity contribution in [1.82, 2.24) is 0 Å². The highest BCUT2D eigenvalue weighted by molar-refractivity contribution is 6.75. The predicted molar refractivity (Wildman–Crippen MR) is 173 cm³/mol. The third-order valence-electron chi connectivity index (χ3n) is 8.04. The molecule has 0 aliphatic heterocycles. The Kier molecular flexibility index (Phi) is 10.9. The van der Waals surface area contributed by atoms with Gasteiger partial charge in [-0.1, -0.05) is 65.8 Å². The molecule has 40 heavy (non-hydrogen) atoms. The molecule has 0 aliphatic carbocycles. The summed E-state index contributed by atoms with van der Waals surface area (Å²) in [5.41, 5.74) is 3.34. The minimum atomic E-state index is -2.30. The molecule has 0 spiro atoms. The van der Waals surface area contributed by atoms with Crippen molar-refractivity contribution in [1.29, 1.82) is 0 Å². The zero-order valence-electron chi connectivity index (χ0n) is 26.6. The SMILES string of the molecule is COc1cc(/C=C/CO)cc(-c2cc(/C=C/CO)cc(OC)c2O[Si](C)(C)C(C)(C)C)c1O[Si](C)(C)C(C)(C)C. The molecule has 2 aromatic rings. The molecule has 6 nitrogen and oxygen atoms in total. The molecular formula is C32H50O6Si2. The zero-order chi connectivity index (χ0) is 30.5. The minimum absolute atomic E-state index is 0.0470. The number of rotatable bonds is 11. The van der Waals surface area contributed by atoms with E-state index in [0.717, 1.165) is 22.3 Å². The third kappa shape index (κ3) is 7.81. The Hall–Kier alpha value is -2.53. The van der Waals surface area contributed by atoms with Crippen LogP contribution in [0.2, 0.25) is 36.3 Å². The molecular weight excluding hydrogens is 537 g/mol. The van der Waals surface area contributed by atoms with E-state index in [1.165, 1.54) is 0 Å². The van der Waals surface area contributed by atoms with Gasteiger partial charge in [0.1, 0.15) is 0 Å². The lowest BCUT2D eigenvalue weighted by molar-refractivity contribution is 0.343. The molecule has 0 unspecified atom stereocenters. The molecule has 0 heterocycles. The molecule has 0 saturated carbocycles. The number of hydrogen-bond donors (Lipinski definition) is 2. The Morgan fingerprint density at radius 3 is 1.20 bits per heavy atom. The van der Waals surface area contributed by atoms with E-state index in [2.05, 4.69) is 67.7 Å². The Bertz CT molecular complexity index is 1120. The summed E-state index contributed by atoms with van der Waals surface area (Å²) in [7, 11) is -1.31. The van der Waals surface area contributed by atoms with Gasteiger partial charge in [-0.05, 0) is 71.7 Å². The lowest BCUT2D eigenvalue weighted by atomic mass is 9.97. The van der Waals surface area contributed by atoms with E-state index in [0.29, 0.717) is 23.0 Å². The Morgan fingerprint density at radius 1 is 0.625 bits per heavy atom. The van der Waals surface area contributed by atoms with Crippen LogP contribution in [0.3, 0.4) is 0 Å². The lowest BCUT2D eigenvalue weighted by Crippen LogP contribution is -2.44. The number of methoxy groups -OCH3 is 2. The van der Waals surface area contributed by atoms with Crippen LogP contribution in [-0.4, -0.2) is 54.3 Å². The normalized spacial score (nSPS) is 13.2. The lowest BCUT2D eigenvalue weighted by Gasteiger charge is -2.39. The van der Waals surface area contributed by atoms with Gasteiger partial charge in [0.15, 0.2) is 23.0 Å². The highest BCUT2D eigenvalue weighted by Crippen LogP contribution is 2.51. The van der Waals surface area contributed by atoms with Crippen molar-refractivity contribution in [2.45, 2.75) is 77.8 Å². The van der Waals surface area contributed by atoms with E-state index in [1.807, 2.05) is 36.4 Å². The maximum Gasteiger partial charge on any atom is 0.250 e. The molecule has 0 radical (unpaired) electrons. The second-order valence-corrected chi connectivity index (χ2v) is 22.5. The van der Waals surface area contributed by atoms with Crippen LogP contribution in [0.4, 0.5) is 0 Å². The van der Waals surface area contributed by atoms with Crippen molar-refractivity contribution in [3.8, 4) is 34.1 Å². The summed E-state index contributed by atoms with van der Waals surface area (Å²) in [6, 6.07) is 7.95. The van der Waals surface area contributed by atoms with Crippen molar-refractivity contribution >= 4 is 28.8 Å². The average Bonchev–Trinajstić information content (AvgIpc) is 2.85. The first-order valence-electron chi connectivity index (χ1n) is 13.8. The number of ether oxygens (including phenoxy) is 2. The summed E-state index contributed by atoms with van der Waals surface area (Å²) in [6.07, 6.45) is 7.12. The smallest absolute Gasteiger partial charge is 0.250 e. The van der Waals surface area contributed by atoms with Crippen LogP contribution < -0.4 is 18.3 Å². The van der Waals surface area contributed by atoms with Gasteiger partial charge in [-0.3, -0.25) is 0 Å². The van der Waals surface area contributed by atoms with Gasteiger partial charge in [0, 0.05) is 11.1 Å². The topological polar surface area (TPSA) is 77.4 Å². The fourth-order valence-electron chi connectivity index (χ4n) is 3.55. The minimum Gasteiger partial charge on any atom is -0.541 e. The van der Waals surface area contributed by atoms with Crippen molar-refractivity contribution in [2.24, 2.45) is 0 Å². The first-order chi connectivity index (χ1) is 18.4. The zero-order valence-corrected chi connectivity index (χ0v) is 28.6. The van der Waals surface area contributed by atoms with Gasteiger partial charge >= 0.3 is 0 Å². The molecule has 0 saturated heterocycles. The Morgan fingerprint density at radius 2 is 0.950 bits per heavy atom. The second-order valence-electron chi connectivity index (χ2n) is 13.1. The monoisotopic (exact) mass is 586 g/mol. The van der Waals surface area contributed by atoms with Gasteiger partial charge in [-0.15, -0.1) is 0 Å². The number of benzene rings is 2. The highest BCUT2D eigenvalue weighted by atomic mass is 28.4. The molecule has 0 amide bonds. The van der Waals surface area contributed by atoms with E-state index < -0.39 is 16.6 Å². The number of aliphatic hydroxyl groups excluding tert-OH is 2. The summed E-state index contributed by atoms with van der Waals surface area (Å²) in [5.74, 6) is 2.52. The second kappa shape index (κ2) is 13.0. The van der Waals surface area contributed by atoms with Crippen LogP contribution in [0.5, 0.6) is 23.0 Å². The van der Waals surface area contributed by atoms with E-state index in [9.17, 15) is 10.2 Å². The molecule has 8 heteroatoms. The number of aliphatic hydroxyl groups is 2. The van der Waals surface area contributed by atoms with Crippen molar-refractivity contribution in [3.05, 3.63) is 47.5 Å².